The van der Waals surface area contributed by atoms with Gasteiger partial charge in [-0.25, -0.2) is 4.98 Å². The molecule has 0 saturated carbocycles. The van der Waals surface area contributed by atoms with Crippen molar-refractivity contribution in [2.24, 2.45) is 0 Å². The summed E-state index contributed by atoms with van der Waals surface area (Å²) in [5.41, 5.74) is 3.95. The second-order valence-corrected chi connectivity index (χ2v) is 7.16. The Morgan fingerprint density at radius 3 is 2.56 bits per heavy atom. The summed E-state index contributed by atoms with van der Waals surface area (Å²) in [6, 6.07) is 21.5. The molecule has 0 aliphatic heterocycles. The molecule has 4 aromatic rings. The molecule has 0 atom stereocenters. The van der Waals surface area contributed by atoms with Gasteiger partial charge in [0.25, 0.3) is 0 Å². The van der Waals surface area contributed by atoms with Gasteiger partial charge in [0.2, 0.25) is 0 Å². The molecular weight excluding hydrogens is 379 g/mol. The van der Waals surface area contributed by atoms with Gasteiger partial charge >= 0.3 is 0 Å². The third kappa shape index (κ3) is 3.66. The van der Waals surface area contributed by atoms with Crippen LogP contribution in [0, 0.1) is 6.92 Å². The average Bonchev–Trinajstić information content (AvgIpc) is 3.02. The lowest BCUT2D eigenvalue weighted by molar-refractivity contribution is 0.299. The predicted molar refractivity (Wildman–Crippen MR) is 112 cm³/mol. The van der Waals surface area contributed by atoms with E-state index in [2.05, 4.69) is 10.6 Å². The van der Waals surface area contributed by atoms with Crippen molar-refractivity contribution in [1.29, 1.82) is 0 Å². The number of imidazole rings is 1. The maximum absolute atomic E-state index is 6.45. The van der Waals surface area contributed by atoms with E-state index in [9.17, 15) is 0 Å². The van der Waals surface area contributed by atoms with Crippen molar-refractivity contribution in [2.45, 2.75) is 13.5 Å². The topological polar surface area (TPSA) is 27.1 Å². The lowest BCUT2D eigenvalue weighted by Gasteiger charge is -2.13. The molecule has 5 heteroatoms. The molecule has 1 heterocycles. The summed E-state index contributed by atoms with van der Waals surface area (Å²) < 4.78 is 8.14. The molecule has 4 rings (SSSR count). The number of benzene rings is 3. The van der Waals surface area contributed by atoms with Gasteiger partial charge in [-0.05, 0) is 48.9 Å². The number of ether oxygens (including phenoxy) is 1. The summed E-state index contributed by atoms with van der Waals surface area (Å²) in [6.07, 6.45) is 0. The van der Waals surface area contributed by atoms with Gasteiger partial charge in [-0.2, -0.15) is 0 Å². The fourth-order valence-corrected chi connectivity index (χ4v) is 3.64. The fraction of sp³-hybridized carbons (Fsp3) is 0.136. The van der Waals surface area contributed by atoms with E-state index in [-0.39, 0.29) is 0 Å². The van der Waals surface area contributed by atoms with Gasteiger partial charge in [-0.3, -0.25) is 0 Å². The lowest BCUT2D eigenvalue weighted by atomic mass is 10.2. The van der Waals surface area contributed by atoms with Gasteiger partial charge in [-0.1, -0.05) is 53.5 Å². The normalized spacial score (nSPS) is 11.1. The maximum atomic E-state index is 6.45. The smallest absolute Gasteiger partial charge is 0.142 e. The first-order valence-electron chi connectivity index (χ1n) is 8.72. The number of fused-ring (bicyclic) bond motifs is 1. The molecule has 0 radical (unpaired) electrons. The lowest BCUT2D eigenvalue weighted by Crippen LogP contribution is -2.10. The Morgan fingerprint density at radius 1 is 0.963 bits per heavy atom. The van der Waals surface area contributed by atoms with Gasteiger partial charge in [-0.15, -0.1) is 0 Å². The second-order valence-electron chi connectivity index (χ2n) is 6.31. The van der Waals surface area contributed by atoms with Crippen molar-refractivity contribution in [3.05, 3.63) is 82.3 Å². The van der Waals surface area contributed by atoms with Crippen LogP contribution in [0.1, 0.15) is 5.56 Å². The van der Waals surface area contributed by atoms with Gasteiger partial charge in [0.1, 0.15) is 18.2 Å². The minimum Gasteiger partial charge on any atom is -0.491 e. The van der Waals surface area contributed by atoms with Crippen LogP contribution in [0.25, 0.3) is 22.4 Å². The van der Waals surface area contributed by atoms with Crippen LogP contribution in [0.15, 0.2) is 66.7 Å². The number of aromatic nitrogens is 2. The zero-order chi connectivity index (χ0) is 18.8. The van der Waals surface area contributed by atoms with E-state index < -0.39 is 0 Å². The summed E-state index contributed by atoms with van der Waals surface area (Å²) in [5.74, 6) is 1.71. The Morgan fingerprint density at radius 2 is 1.74 bits per heavy atom. The standard InChI is InChI=1S/C22H18Cl2N2O/c1-15-6-2-5-9-21(15)27-13-12-26-20-8-4-3-7-19(20)25-22(26)17-11-10-16(23)14-18(17)24/h2-11,14H,12-13H2,1H3. The van der Waals surface area contributed by atoms with Crippen molar-refractivity contribution < 1.29 is 4.74 Å². The summed E-state index contributed by atoms with van der Waals surface area (Å²) >= 11 is 12.5. The molecular formula is C22H18Cl2N2O. The number of para-hydroxylation sites is 3. The van der Waals surface area contributed by atoms with Gasteiger partial charge < -0.3 is 9.30 Å². The summed E-state index contributed by atoms with van der Waals surface area (Å²) in [6.45, 7) is 3.23. The highest BCUT2D eigenvalue weighted by molar-refractivity contribution is 6.36. The van der Waals surface area contributed by atoms with E-state index >= 15 is 0 Å². The van der Waals surface area contributed by atoms with Crippen molar-refractivity contribution in [2.75, 3.05) is 6.61 Å². The molecule has 1 aromatic heterocycles. The van der Waals surface area contributed by atoms with Crippen LogP contribution in [0.4, 0.5) is 0 Å². The van der Waals surface area contributed by atoms with Crippen molar-refractivity contribution in [3.8, 4) is 17.1 Å². The Bertz CT molecular complexity index is 1100. The molecule has 0 saturated heterocycles. The van der Waals surface area contributed by atoms with Gasteiger partial charge in [0, 0.05) is 10.6 Å². The zero-order valence-corrected chi connectivity index (χ0v) is 16.3. The summed E-state index contributed by atoms with van der Waals surface area (Å²) in [7, 11) is 0. The van der Waals surface area contributed by atoms with E-state index in [1.165, 1.54) is 0 Å². The third-order valence-electron chi connectivity index (χ3n) is 4.49. The van der Waals surface area contributed by atoms with Crippen LogP contribution in [0.5, 0.6) is 5.75 Å². The highest BCUT2D eigenvalue weighted by atomic mass is 35.5. The van der Waals surface area contributed by atoms with Crippen molar-refractivity contribution in [3.63, 3.8) is 0 Å². The van der Waals surface area contributed by atoms with E-state index in [0.717, 1.165) is 33.7 Å². The van der Waals surface area contributed by atoms with Crippen LogP contribution in [0.2, 0.25) is 10.0 Å². The number of hydrogen-bond donors (Lipinski definition) is 0. The Kier molecular flexibility index (Phi) is 5.06. The minimum atomic E-state index is 0.531. The van der Waals surface area contributed by atoms with E-state index in [4.69, 9.17) is 32.9 Å². The zero-order valence-electron chi connectivity index (χ0n) is 14.8. The number of rotatable bonds is 5. The number of hydrogen-bond acceptors (Lipinski definition) is 2. The van der Waals surface area contributed by atoms with Crippen LogP contribution in [0.3, 0.4) is 0 Å². The third-order valence-corrected chi connectivity index (χ3v) is 5.04. The highest BCUT2D eigenvalue weighted by Gasteiger charge is 2.15. The maximum Gasteiger partial charge on any atom is 0.142 e. The minimum absolute atomic E-state index is 0.531. The van der Waals surface area contributed by atoms with Crippen LogP contribution in [-0.2, 0) is 6.54 Å². The Labute approximate surface area is 168 Å². The Balaban J connectivity index is 1.69. The Hall–Kier alpha value is -2.49. The molecule has 0 unspecified atom stereocenters. The molecule has 3 nitrogen and oxygen atoms in total. The molecule has 0 aliphatic rings. The van der Waals surface area contributed by atoms with Gasteiger partial charge in [0.15, 0.2) is 0 Å². The average molecular weight is 397 g/mol. The molecule has 0 amide bonds. The summed E-state index contributed by atoms with van der Waals surface area (Å²) in [5, 5.41) is 1.19. The quantitative estimate of drug-likeness (QED) is 0.390. The van der Waals surface area contributed by atoms with Crippen LogP contribution >= 0.6 is 23.2 Å². The number of aryl methyl sites for hydroxylation is 1. The molecule has 0 aliphatic carbocycles. The SMILES string of the molecule is Cc1ccccc1OCCn1c(-c2ccc(Cl)cc2Cl)nc2ccccc21. The molecule has 136 valence electrons. The van der Waals surface area contributed by atoms with Crippen LogP contribution < -0.4 is 4.74 Å². The molecule has 0 bridgehead atoms. The molecule has 0 fully saturated rings. The van der Waals surface area contributed by atoms with E-state index in [1.807, 2.05) is 61.5 Å². The van der Waals surface area contributed by atoms with Gasteiger partial charge in [0.05, 0.1) is 22.6 Å². The second kappa shape index (κ2) is 7.63. The molecule has 27 heavy (non-hydrogen) atoms. The van der Waals surface area contributed by atoms with Crippen molar-refractivity contribution in [1.82, 2.24) is 9.55 Å². The molecule has 3 aromatic carbocycles. The van der Waals surface area contributed by atoms with E-state index in [1.54, 1.807) is 6.07 Å². The number of halogens is 2. The monoisotopic (exact) mass is 396 g/mol. The first kappa shape index (κ1) is 17.9. The first-order chi connectivity index (χ1) is 13.1. The first-order valence-corrected chi connectivity index (χ1v) is 9.48. The van der Waals surface area contributed by atoms with Crippen molar-refractivity contribution >= 4 is 34.2 Å². The van der Waals surface area contributed by atoms with E-state index in [0.29, 0.717) is 23.2 Å². The van der Waals surface area contributed by atoms with Crippen LogP contribution in [-0.4, -0.2) is 16.2 Å². The number of nitrogens with zero attached hydrogens (tertiary/aromatic N) is 2. The predicted octanol–water partition coefficient (Wildman–Crippen LogP) is 6.40. The largest absolute Gasteiger partial charge is 0.491 e. The fourth-order valence-electron chi connectivity index (χ4n) is 3.14. The molecule has 0 N–H and O–H groups in total. The highest BCUT2D eigenvalue weighted by Crippen LogP contribution is 2.32. The summed E-state index contributed by atoms with van der Waals surface area (Å²) in [4.78, 5) is 4.80. The molecule has 0 spiro atoms.